The first-order valence-corrected chi connectivity index (χ1v) is 6.13. The number of hydrogen-bond acceptors (Lipinski definition) is 1. The first-order chi connectivity index (χ1) is 8.04. The topological polar surface area (TPSA) is 30.9 Å². The second kappa shape index (κ2) is 4.67. The zero-order valence-corrected chi connectivity index (χ0v) is 10.8. The fraction of sp³-hybridized carbons (Fsp3) is 0.385. The van der Waals surface area contributed by atoms with Crippen LogP contribution in [0.3, 0.4) is 0 Å². The average molecular weight is 255 g/mol. The third-order valence-electron chi connectivity index (χ3n) is 2.88. The van der Waals surface area contributed by atoms with Gasteiger partial charge in [0.05, 0.1) is 10.5 Å². The van der Waals surface area contributed by atoms with Crippen molar-refractivity contribution in [2.75, 3.05) is 0 Å². The summed E-state index contributed by atoms with van der Waals surface area (Å²) in [5, 5.41) is 1.03. The van der Waals surface area contributed by atoms with Gasteiger partial charge >= 0.3 is 0 Å². The molecule has 0 spiro atoms. The predicted molar refractivity (Wildman–Crippen MR) is 69.9 cm³/mol. The van der Waals surface area contributed by atoms with Gasteiger partial charge in [-0.25, -0.2) is 4.39 Å². The van der Waals surface area contributed by atoms with Crippen molar-refractivity contribution in [1.82, 2.24) is 4.57 Å². The van der Waals surface area contributed by atoms with Gasteiger partial charge in [0.25, 0.3) is 0 Å². The summed E-state index contributed by atoms with van der Waals surface area (Å²) in [5.41, 5.74) is 7.82. The zero-order chi connectivity index (χ0) is 12.6. The lowest BCUT2D eigenvalue weighted by Gasteiger charge is -2.08. The third-order valence-corrected chi connectivity index (χ3v) is 3.25. The monoisotopic (exact) mass is 254 g/mol. The van der Waals surface area contributed by atoms with Gasteiger partial charge in [-0.3, -0.25) is 0 Å². The highest BCUT2D eigenvalue weighted by molar-refractivity contribution is 6.35. The van der Waals surface area contributed by atoms with E-state index >= 15 is 0 Å². The molecule has 2 nitrogen and oxygen atoms in total. The number of rotatable bonds is 3. The summed E-state index contributed by atoms with van der Waals surface area (Å²) in [6.07, 6.45) is 2.84. The van der Waals surface area contributed by atoms with Gasteiger partial charge in [-0.15, -0.1) is 0 Å². The van der Waals surface area contributed by atoms with Crippen LogP contribution in [0.1, 0.15) is 19.4 Å². The lowest BCUT2D eigenvalue weighted by Crippen LogP contribution is -2.21. The number of nitrogens with two attached hydrogens (primary N) is 1. The van der Waals surface area contributed by atoms with E-state index in [1.54, 1.807) is 6.07 Å². The van der Waals surface area contributed by atoms with E-state index in [9.17, 15) is 4.39 Å². The van der Waals surface area contributed by atoms with Crippen LogP contribution < -0.4 is 5.73 Å². The van der Waals surface area contributed by atoms with E-state index in [2.05, 4.69) is 0 Å². The molecule has 0 aliphatic rings. The average Bonchev–Trinajstić information content (AvgIpc) is 2.61. The highest BCUT2D eigenvalue weighted by Crippen LogP contribution is 2.31. The Bertz CT molecular complexity index is 546. The number of aromatic nitrogens is 1. The Morgan fingerprint density at radius 1 is 1.47 bits per heavy atom. The lowest BCUT2D eigenvalue weighted by atomic mass is 10.1. The van der Waals surface area contributed by atoms with Crippen molar-refractivity contribution in [3.05, 3.63) is 34.7 Å². The third kappa shape index (κ3) is 2.17. The second-order valence-corrected chi connectivity index (χ2v) is 4.77. The minimum absolute atomic E-state index is 0.0548. The first-order valence-electron chi connectivity index (χ1n) is 5.75. The van der Waals surface area contributed by atoms with Crippen LogP contribution in [0.5, 0.6) is 0 Å². The van der Waals surface area contributed by atoms with Crippen LogP contribution in [-0.2, 0) is 13.0 Å². The summed E-state index contributed by atoms with van der Waals surface area (Å²) in [4.78, 5) is 0. The molecule has 4 heteroatoms. The van der Waals surface area contributed by atoms with E-state index in [1.807, 2.05) is 24.6 Å². The first kappa shape index (κ1) is 12.4. The SMILES string of the molecule is CCc1cn(CC(C)N)c2ccc(F)c(Cl)c12. The van der Waals surface area contributed by atoms with Crippen LogP contribution in [0, 0.1) is 5.82 Å². The van der Waals surface area contributed by atoms with Crippen molar-refractivity contribution >= 4 is 22.5 Å². The molecule has 17 heavy (non-hydrogen) atoms. The Morgan fingerprint density at radius 3 is 2.76 bits per heavy atom. The Morgan fingerprint density at radius 2 is 2.18 bits per heavy atom. The molecule has 92 valence electrons. The molecule has 0 aliphatic heterocycles. The standard InChI is InChI=1S/C13H16ClFN2/c1-3-9-7-17(6-8(2)16)11-5-4-10(15)13(14)12(9)11/h4-5,7-8H,3,6,16H2,1-2H3. The predicted octanol–water partition coefficient (Wildman–Crippen LogP) is 3.34. The molecule has 0 amide bonds. The van der Waals surface area contributed by atoms with Crippen molar-refractivity contribution in [1.29, 1.82) is 0 Å². The Hall–Kier alpha value is -1.06. The van der Waals surface area contributed by atoms with Gasteiger partial charge in [0.1, 0.15) is 5.82 Å². The maximum Gasteiger partial charge on any atom is 0.142 e. The normalized spacial score (nSPS) is 13.2. The Labute approximate surface area is 105 Å². The highest BCUT2D eigenvalue weighted by atomic mass is 35.5. The van der Waals surface area contributed by atoms with Crippen molar-refractivity contribution in [2.24, 2.45) is 5.73 Å². The smallest absolute Gasteiger partial charge is 0.142 e. The fourth-order valence-corrected chi connectivity index (χ4v) is 2.42. The largest absolute Gasteiger partial charge is 0.346 e. The van der Waals surface area contributed by atoms with Crippen LogP contribution in [0.4, 0.5) is 4.39 Å². The van der Waals surface area contributed by atoms with Gasteiger partial charge < -0.3 is 10.3 Å². The molecule has 1 aromatic heterocycles. The number of halogens is 2. The van der Waals surface area contributed by atoms with Crippen LogP contribution in [0.2, 0.25) is 5.02 Å². The van der Waals surface area contributed by atoms with Crippen LogP contribution in [0.25, 0.3) is 10.9 Å². The van der Waals surface area contributed by atoms with E-state index in [0.717, 1.165) is 22.9 Å². The van der Waals surface area contributed by atoms with Gasteiger partial charge in [-0.2, -0.15) is 0 Å². The van der Waals surface area contributed by atoms with Gasteiger partial charge in [0.2, 0.25) is 0 Å². The molecular formula is C13H16ClFN2. The molecule has 0 saturated carbocycles. The number of nitrogens with zero attached hydrogens (tertiary/aromatic N) is 1. The molecule has 1 atom stereocenters. The minimum Gasteiger partial charge on any atom is -0.346 e. The van der Waals surface area contributed by atoms with E-state index in [1.165, 1.54) is 6.07 Å². The Balaban J connectivity index is 2.68. The molecule has 1 aromatic carbocycles. The molecule has 0 bridgehead atoms. The number of benzene rings is 1. The molecule has 2 rings (SSSR count). The summed E-state index contributed by atoms with van der Waals surface area (Å²) in [6.45, 7) is 4.69. The minimum atomic E-state index is -0.368. The van der Waals surface area contributed by atoms with Crippen LogP contribution in [-0.4, -0.2) is 10.6 Å². The number of hydrogen-bond donors (Lipinski definition) is 1. The Kier molecular flexibility index (Phi) is 3.40. The molecule has 1 heterocycles. The molecule has 0 radical (unpaired) electrons. The molecule has 2 aromatic rings. The molecule has 0 fully saturated rings. The summed E-state index contributed by atoms with van der Waals surface area (Å²) < 4.78 is 15.5. The van der Waals surface area contributed by atoms with Crippen molar-refractivity contribution in [2.45, 2.75) is 32.9 Å². The molecule has 0 aliphatic carbocycles. The summed E-state index contributed by atoms with van der Waals surface area (Å²) in [5.74, 6) is -0.368. The van der Waals surface area contributed by atoms with E-state index in [-0.39, 0.29) is 16.9 Å². The number of aryl methyl sites for hydroxylation is 1. The van der Waals surface area contributed by atoms with Gasteiger partial charge in [0, 0.05) is 24.2 Å². The van der Waals surface area contributed by atoms with Gasteiger partial charge in [-0.1, -0.05) is 18.5 Å². The molecular weight excluding hydrogens is 239 g/mol. The summed E-state index contributed by atoms with van der Waals surface area (Å²) >= 11 is 6.04. The number of fused-ring (bicyclic) bond motifs is 1. The summed E-state index contributed by atoms with van der Waals surface area (Å²) in [7, 11) is 0. The van der Waals surface area contributed by atoms with E-state index < -0.39 is 0 Å². The van der Waals surface area contributed by atoms with Gasteiger partial charge in [-0.05, 0) is 31.0 Å². The maximum absolute atomic E-state index is 13.5. The van der Waals surface area contributed by atoms with Crippen molar-refractivity contribution in [3.8, 4) is 0 Å². The lowest BCUT2D eigenvalue weighted by molar-refractivity contribution is 0.603. The molecule has 1 unspecified atom stereocenters. The second-order valence-electron chi connectivity index (χ2n) is 4.39. The maximum atomic E-state index is 13.5. The van der Waals surface area contributed by atoms with E-state index in [4.69, 9.17) is 17.3 Å². The van der Waals surface area contributed by atoms with E-state index in [0.29, 0.717) is 6.54 Å². The fourth-order valence-electron chi connectivity index (χ4n) is 2.14. The zero-order valence-electron chi connectivity index (χ0n) is 10.0. The summed E-state index contributed by atoms with van der Waals surface area (Å²) in [6, 6.07) is 3.22. The van der Waals surface area contributed by atoms with Gasteiger partial charge in [0.15, 0.2) is 0 Å². The van der Waals surface area contributed by atoms with Crippen molar-refractivity contribution in [3.63, 3.8) is 0 Å². The van der Waals surface area contributed by atoms with Crippen molar-refractivity contribution < 1.29 is 4.39 Å². The molecule has 0 saturated heterocycles. The van der Waals surface area contributed by atoms with Crippen LogP contribution >= 0.6 is 11.6 Å². The highest BCUT2D eigenvalue weighted by Gasteiger charge is 2.14. The quantitative estimate of drug-likeness (QED) is 0.895. The molecule has 2 N–H and O–H groups in total. The van der Waals surface area contributed by atoms with Crippen LogP contribution in [0.15, 0.2) is 18.3 Å².